The minimum Gasteiger partial charge on any atom is -0.354 e. The van der Waals surface area contributed by atoms with Gasteiger partial charge in [-0.2, -0.15) is 0 Å². The summed E-state index contributed by atoms with van der Waals surface area (Å²) in [6.07, 6.45) is 6.07. The Hall–Kier alpha value is -1.03. The van der Waals surface area contributed by atoms with Crippen LogP contribution in [0.4, 0.5) is 5.95 Å². The van der Waals surface area contributed by atoms with Gasteiger partial charge in [0.2, 0.25) is 5.95 Å². The van der Waals surface area contributed by atoms with E-state index in [2.05, 4.69) is 60.8 Å². The van der Waals surface area contributed by atoms with Crippen molar-refractivity contribution in [2.24, 2.45) is 5.92 Å². The van der Waals surface area contributed by atoms with Crippen LogP contribution in [0.1, 0.15) is 38.8 Å². The van der Waals surface area contributed by atoms with E-state index in [-0.39, 0.29) is 0 Å². The Morgan fingerprint density at radius 3 is 2.58 bits per heavy atom. The highest BCUT2D eigenvalue weighted by Gasteiger charge is 2.38. The van der Waals surface area contributed by atoms with Gasteiger partial charge in [0, 0.05) is 24.8 Å². The van der Waals surface area contributed by atoms with Gasteiger partial charge in [0.15, 0.2) is 0 Å². The lowest BCUT2D eigenvalue weighted by Crippen LogP contribution is -2.54. The van der Waals surface area contributed by atoms with Crippen molar-refractivity contribution in [1.29, 1.82) is 0 Å². The molecule has 0 radical (unpaired) electrons. The molecular weight excluding hydrogens is 236 g/mol. The Morgan fingerprint density at radius 1 is 1.42 bits per heavy atom. The second-order valence-corrected chi connectivity index (χ2v) is 6.58. The molecule has 19 heavy (non-hydrogen) atoms. The van der Waals surface area contributed by atoms with Gasteiger partial charge in [-0.1, -0.05) is 13.8 Å². The van der Waals surface area contributed by atoms with Crippen LogP contribution in [0.3, 0.4) is 0 Å². The van der Waals surface area contributed by atoms with Crippen LogP contribution < -0.4 is 5.32 Å². The molecule has 1 fully saturated rings. The Kier molecular flexibility index (Phi) is 4.19. The van der Waals surface area contributed by atoms with Crippen molar-refractivity contribution in [2.45, 2.75) is 52.1 Å². The SMILES string of the molecule is Cc1cn(CC(C)C)c(NCC2(N(C)C)CCC2)n1. The van der Waals surface area contributed by atoms with Crippen molar-refractivity contribution >= 4 is 5.95 Å². The Bertz CT molecular complexity index is 416. The standard InChI is InChI=1S/C15H28N4/c1-12(2)9-19-10-13(3)17-14(19)16-11-15(18(4)5)7-6-8-15/h10,12H,6-9,11H2,1-5H3,(H,16,17). The third kappa shape index (κ3) is 3.11. The number of imidazole rings is 1. The van der Waals surface area contributed by atoms with Gasteiger partial charge < -0.3 is 14.8 Å². The van der Waals surface area contributed by atoms with Gasteiger partial charge in [-0.05, 0) is 46.2 Å². The fourth-order valence-corrected chi connectivity index (χ4v) is 2.83. The normalized spacial score (nSPS) is 17.8. The summed E-state index contributed by atoms with van der Waals surface area (Å²) in [5.74, 6) is 1.67. The summed E-state index contributed by atoms with van der Waals surface area (Å²) >= 11 is 0. The second-order valence-electron chi connectivity index (χ2n) is 6.58. The van der Waals surface area contributed by atoms with Crippen molar-refractivity contribution in [3.63, 3.8) is 0 Å². The number of aryl methyl sites for hydroxylation is 1. The fraction of sp³-hybridized carbons (Fsp3) is 0.800. The average Bonchev–Trinajstić information content (AvgIpc) is 2.55. The fourth-order valence-electron chi connectivity index (χ4n) is 2.83. The van der Waals surface area contributed by atoms with E-state index in [1.54, 1.807) is 0 Å². The number of anilines is 1. The molecule has 2 rings (SSSR count). The summed E-state index contributed by atoms with van der Waals surface area (Å²) in [6, 6.07) is 0. The first-order valence-corrected chi connectivity index (χ1v) is 7.38. The molecule has 1 aliphatic rings. The maximum absolute atomic E-state index is 4.62. The van der Waals surface area contributed by atoms with Gasteiger partial charge in [0.05, 0.1) is 5.69 Å². The molecule has 0 unspecified atom stereocenters. The zero-order valence-corrected chi connectivity index (χ0v) is 13.0. The molecule has 1 N–H and O–H groups in total. The van der Waals surface area contributed by atoms with Gasteiger partial charge in [-0.25, -0.2) is 4.98 Å². The van der Waals surface area contributed by atoms with E-state index in [1.165, 1.54) is 19.3 Å². The van der Waals surface area contributed by atoms with E-state index in [9.17, 15) is 0 Å². The molecule has 1 saturated carbocycles. The summed E-state index contributed by atoms with van der Waals surface area (Å²) in [6.45, 7) is 8.57. The molecule has 1 aromatic heterocycles. The lowest BCUT2D eigenvalue weighted by molar-refractivity contribution is 0.0736. The molecule has 4 nitrogen and oxygen atoms in total. The summed E-state index contributed by atoms with van der Waals surface area (Å²) in [7, 11) is 4.37. The van der Waals surface area contributed by atoms with E-state index >= 15 is 0 Å². The maximum atomic E-state index is 4.62. The molecule has 0 atom stereocenters. The van der Waals surface area contributed by atoms with Crippen LogP contribution >= 0.6 is 0 Å². The first-order valence-electron chi connectivity index (χ1n) is 7.38. The predicted octanol–water partition coefficient (Wildman–Crippen LogP) is 2.74. The lowest BCUT2D eigenvalue weighted by Gasteiger charge is -2.47. The average molecular weight is 264 g/mol. The van der Waals surface area contributed by atoms with Crippen LogP contribution in [0, 0.1) is 12.8 Å². The highest BCUT2D eigenvalue weighted by Crippen LogP contribution is 2.36. The third-order valence-electron chi connectivity index (χ3n) is 4.27. The summed E-state index contributed by atoms with van der Waals surface area (Å²) < 4.78 is 2.25. The Labute approximate surface area is 117 Å². The van der Waals surface area contributed by atoms with Gasteiger partial charge in [0.25, 0.3) is 0 Å². The van der Waals surface area contributed by atoms with E-state index < -0.39 is 0 Å². The summed E-state index contributed by atoms with van der Waals surface area (Å²) in [4.78, 5) is 6.98. The van der Waals surface area contributed by atoms with Gasteiger partial charge >= 0.3 is 0 Å². The zero-order chi connectivity index (χ0) is 14.0. The minimum atomic E-state index is 0.336. The van der Waals surface area contributed by atoms with Gasteiger partial charge in [0.1, 0.15) is 0 Å². The number of hydrogen-bond acceptors (Lipinski definition) is 3. The number of nitrogens with one attached hydrogen (secondary N) is 1. The zero-order valence-electron chi connectivity index (χ0n) is 13.0. The Balaban J connectivity index is 2.02. The van der Waals surface area contributed by atoms with Crippen LogP contribution in [0.15, 0.2) is 6.20 Å². The third-order valence-corrected chi connectivity index (χ3v) is 4.27. The molecule has 0 aromatic carbocycles. The predicted molar refractivity (Wildman–Crippen MR) is 80.6 cm³/mol. The second kappa shape index (κ2) is 5.53. The van der Waals surface area contributed by atoms with Crippen molar-refractivity contribution in [3.8, 4) is 0 Å². The van der Waals surface area contributed by atoms with Crippen LogP contribution in [-0.2, 0) is 6.54 Å². The molecule has 108 valence electrons. The lowest BCUT2D eigenvalue weighted by atomic mass is 9.75. The highest BCUT2D eigenvalue weighted by molar-refractivity contribution is 5.30. The molecule has 0 amide bonds. The van der Waals surface area contributed by atoms with Crippen molar-refractivity contribution in [3.05, 3.63) is 11.9 Å². The number of nitrogens with zero attached hydrogens (tertiary/aromatic N) is 3. The summed E-state index contributed by atoms with van der Waals surface area (Å²) in [5.41, 5.74) is 1.43. The molecule has 0 aliphatic heterocycles. The molecule has 0 bridgehead atoms. The molecule has 0 spiro atoms. The first-order chi connectivity index (χ1) is 8.93. The van der Waals surface area contributed by atoms with E-state index in [4.69, 9.17) is 0 Å². The topological polar surface area (TPSA) is 33.1 Å². The number of rotatable bonds is 6. The van der Waals surface area contributed by atoms with E-state index in [0.29, 0.717) is 11.5 Å². The maximum Gasteiger partial charge on any atom is 0.203 e. The Morgan fingerprint density at radius 2 is 2.11 bits per heavy atom. The molecule has 1 aromatic rings. The number of hydrogen-bond donors (Lipinski definition) is 1. The molecular formula is C15H28N4. The van der Waals surface area contributed by atoms with Crippen LogP contribution in [-0.4, -0.2) is 40.6 Å². The number of likely N-dealkylation sites (N-methyl/N-ethyl adjacent to an activating group) is 1. The van der Waals surface area contributed by atoms with Gasteiger partial charge in [-0.3, -0.25) is 0 Å². The van der Waals surface area contributed by atoms with Crippen molar-refractivity contribution < 1.29 is 0 Å². The van der Waals surface area contributed by atoms with Crippen molar-refractivity contribution in [1.82, 2.24) is 14.5 Å². The van der Waals surface area contributed by atoms with Gasteiger partial charge in [-0.15, -0.1) is 0 Å². The molecule has 4 heteroatoms. The molecule has 1 aliphatic carbocycles. The number of aromatic nitrogens is 2. The minimum absolute atomic E-state index is 0.336. The quantitative estimate of drug-likeness (QED) is 0.857. The molecule has 0 saturated heterocycles. The van der Waals surface area contributed by atoms with E-state index in [1.807, 2.05) is 0 Å². The van der Waals surface area contributed by atoms with Crippen LogP contribution in [0.2, 0.25) is 0 Å². The van der Waals surface area contributed by atoms with Crippen LogP contribution in [0.5, 0.6) is 0 Å². The largest absolute Gasteiger partial charge is 0.354 e. The smallest absolute Gasteiger partial charge is 0.203 e. The first kappa shape index (κ1) is 14.4. The van der Waals surface area contributed by atoms with Crippen molar-refractivity contribution in [2.75, 3.05) is 26.0 Å². The van der Waals surface area contributed by atoms with Crippen LogP contribution in [0.25, 0.3) is 0 Å². The molecule has 1 heterocycles. The van der Waals surface area contributed by atoms with E-state index in [0.717, 1.165) is 24.7 Å². The highest BCUT2D eigenvalue weighted by atomic mass is 15.2. The monoisotopic (exact) mass is 264 g/mol. The summed E-state index contributed by atoms with van der Waals surface area (Å²) in [5, 5.41) is 3.57.